The van der Waals surface area contributed by atoms with Crippen molar-refractivity contribution in [3.8, 4) is 11.4 Å². The highest BCUT2D eigenvalue weighted by Crippen LogP contribution is 2.32. The van der Waals surface area contributed by atoms with Gasteiger partial charge >= 0.3 is 6.18 Å². The molecule has 0 radical (unpaired) electrons. The second kappa shape index (κ2) is 9.66. The maximum absolute atomic E-state index is 13.1. The zero-order valence-electron chi connectivity index (χ0n) is 19.3. The molecule has 0 aliphatic rings. The highest BCUT2D eigenvalue weighted by Gasteiger charge is 2.30. The number of hydrogen-bond acceptors (Lipinski definition) is 3. The zero-order chi connectivity index (χ0) is 24.3. The van der Waals surface area contributed by atoms with Crippen LogP contribution in [0.3, 0.4) is 0 Å². The third-order valence-corrected chi connectivity index (χ3v) is 6.57. The molecule has 0 spiro atoms. The van der Waals surface area contributed by atoms with Gasteiger partial charge in [-0.3, -0.25) is 4.57 Å². The smallest absolute Gasteiger partial charge is 0.298 e. The molecular weight excluding hydrogens is 455 g/mol. The van der Waals surface area contributed by atoms with Gasteiger partial charge in [0, 0.05) is 11.3 Å². The van der Waals surface area contributed by atoms with Gasteiger partial charge in [0.05, 0.1) is 12.1 Å². The third-order valence-electron chi connectivity index (χ3n) is 5.53. The van der Waals surface area contributed by atoms with Gasteiger partial charge in [0.15, 0.2) is 11.0 Å². The van der Waals surface area contributed by atoms with Crippen molar-refractivity contribution in [2.75, 3.05) is 0 Å². The Balaban J connectivity index is 1.64. The fourth-order valence-corrected chi connectivity index (χ4v) is 4.50. The van der Waals surface area contributed by atoms with Crippen molar-refractivity contribution < 1.29 is 13.2 Å². The van der Waals surface area contributed by atoms with Crippen LogP contribution in [0.5, 0.6) is 0 Å². The summed E-state index contributed by atoms with van der Waals surface area (Å²) in [4.78, 5) is 0. The van der Waals surface area contributed by atoms with E-state index in [1.807, 2.05) is 47.0 Å². The molecule has 0 unspecified atom stereocenters. The number of alkyl halides is 3. The largest absolute Gasteiger partial charge is 0.416 e. The Hall–Kier alpha value is -3.06. The van der Waals surface area contributed by atoms with E-state index in [1.54, 1.807) is 6.07 Å². The second-order valence-electron chi connectivity index (χ2n) is 9.19. The molecular formula is C27H26F3N3S. The third kappa shape index (κ3) is 5.70. The van der Waals surface area contributed by atoms with Crippen LogP contribution < -0.4 is 0 Å². The fourth-order valence-electron chi connectivity index (χ4n) is 3.62. The number of thioether (sulfide) groups is 1. The van der Waals surface area contributed by atoms with Crippen LogP contribution in [-0.4, -0.2) is 14.8 Å². The monoisotopic (exact) mass is 481 g/mol. The Kier molecular flexibility index (Phi) is 6.84. The molecule has 7 heteroatoms. The molecule has 0 fully saturated rings. The number of benzene rings is 3. The first-order chi connectivity index (χ1) is 16.1. The van der Waals surface area contributed by atoms with Gasteiger partial charge in [-0.25, -0.2) is 0 Å². The van der Waals surface area contributed by atoms with Crippen LogP contribution in [0.2, 0.25) is 0 Å². The van der Waals surface area contributed by atoms with Gasteiger partial charge < -0.3 is 0 Å². The van der Waals surface area contributed by atoms with Crippen LogP contribution >= 0.6 is 11.8 Å². The summed E-state index contributed by atoms with van der Waals surface area (Å²) < 4.78 is 41.3. The average molecular weight is 482 g/mol. The van der Waals surface area contributed by atoms with E-state index in [9.17, 15) is 13.2 Å². The summed E-state index contributed by atoms with van der Waals surface area (Å²) in [7, 11) is 0. The molecule has 0 bridgehead atoms. The summed E-state index contributed by atoms with van der Waals surface area (Å²) >= 11 is 1.38. The number of rotatable bonds is 6. The van der Waals surface area contributed by atoms with Crippen molar-refractivity contribution in [2.45, 2.75) is 49.8 Å². The summed E-state index contributed by atoms with van der Waals surface area (Å²) in [6, 6.07) is 23.7. The number of aromatic nitrogens is 3. The van der Waals surface area contributed by atoms with Crippen molar-refractivity contribution in [3.63, 3.8) is 0 Å². The van der Waals surface area contributed by atoms with Gasteiger partial charge in [-0.15, -0.1) is 10.2 Å². The van der Waals surface area contributed by atoms with Crippen molar-refractivity contribution >= 4 is 11.8 Å². The molecule has 3 nitrogen and oxygen atoms in total. The van der Waals surface area contributed by atoms with Crippen LogP contribution in [0, 0.1) is 0 Å². The molecule has 0 saturated heterocycles. The zero-order valence-corrected chi connectivity index (χ0v) is 20.1. The molecule has 1 heterocycles. The van der Waals surface area contributed by atoms with E-state index < -0.39 is 11.7 Å². The van der Waals surface area contributed by atoms with Crippen molar-refractivity contribution in [1.82, 2.24) is 14.8 Å². The standard InChI is InChI=1S/C27H26F3N3S/c1-26(2,3)22-14-12-21(13-15-22)24-31-32-25(33(24)17-19-8-5-4-6-9-19)34-18-20-10-7-11-23(16-20)27(28,29)30/h4-16H,17-18H2,1-3H3. The van der Waals surface area contributed by atoms with Gasteiger partial charge in [0.2, 0.25) is 0 Å². The molecule has 0 amide bonds. The normalized spacial score (nSPS) is 12.2. The topological polar surface area (TPSA) is 30.7 Å². The molecule has 0 N–H and O–H groups in total. The lowest BCUT2D eigenvalue weighted by atomic mass is 9.87. The minimum atomic E-state index is -4.36. The molecule has 176 valence electrons. The maximum atomic E-state index is 13.1. The summed E-state index contributed by atoms with van der Waals surface area (Å²) in [6.07, 6.45) is -4.36. The van der Waals surface area contributed by atoms with Gasteiger partial charge in [0.1, 0.15) is 0 Å². The lowest BCUT2D eigenvalue weighted by Crippen LogP contribution is -2.10. The van der Waals surface area contributed by atoms with E-state index in [4.69, 9.17) is 0 Å². The molecule has 0 atom stereocenters. The van der Waals surface area contributed by atoms with E-state index in [-0.39, 0.29) is 5.41 Å². The Morgan fingerprint density at radius 1 is 0.765 bits per heavy atom. The summed E-state index contributed by atoms with van der Waals surface area (Å²) in [5, 5.41) is 9.52. The number of halogens is 3. The molecule has 34 heavy (non-hydrogen) atoms. The first kappa shape index (κ1) is 24.1. The lowest BCUT2D eigenvalue weighted by Gasteiger charge is -2.19. The van der Waals surface area contributed by atoms with E-state index in [2.05, 4.69) is 43.1 Å². The fraction of sp³-hybridized carbons (Fsp3) is 0.259. The predicted molar refractivity (Wildman–Crippen MR) is 131 cm³/mol. The Labute approximate surface area is 202 Å². The number of hydrogen-bond donors (Lipinski definition) is 0. The first-order valence-corrected chi connectivity index (χ1v) is 12.0. The Morgan fingerprint density at radius 3 is 2.09 bits per heavy atom. The van der Waals surface area contributed by atoms with Crippen molar-refractivity contribution in [2.24, 2.45) is 0 Å². The van der Waals surface area contributed by atoms with Gasteiger partial charge in [-0.05, 0) is 28.2 Å². The molecule has 0 saturated carbocycles. The summed E-state index contributed by atoms with van der Waals surface area (Å²) in [6.45, 7) is 7.07. The molecule has 4 rings (SSSR count). The summed E-state index contributed by atoms with van der Waals surface area (Å²) in [5.41, 5.74) is 3.26. The highest BCUT2D eigenvalue weighted by molar-refractivity contribution is 7.98. The summed E-state index contributed by atoms with van der Waals surface area (Å²) in [5.74, 6) is 1.09. The molecule has 1 aromatic heterocycles. The first-order valence-electron chi connectivity index (χ1n) is 11.0. The minimum absolute atomic E-state index is 0.0439. The maximum Gasteiger partial charge on any atom is 0.416 e. The highest BCUT2D eigenvalue weighted by atomic mass is 32.2. The van der Waals surface area contributed by atoms with Crippen LogP contribution in [0.15, 0.2) is 84.0 Å². The molecule has 0 aliphatic heterocycles. The minimum Gasteiger partial charge on any atom is -0.298 e. The van der Waals surface area contributed by atoms with Gasteiger partial charge in [0.25, 0.3) is 0 Å². The van der Waals surface area contributed by atoms with E-state index in [0.717, 1.165) is 23.0 Å². The molecule has 3 aromatic carbocycles. The number of nitrogens with zero attached hydrogens (tertiary/aromatic N) is 3. The van der Waals surface area contributed by atoms with E-state index in [1.165, 1.54) is 29.5 Å². The Bertz CT molecular complexity index is 1240. The van der Waals surface area contributed by atoms with Crippen LogP contribution in [0.25, 0.3) is 11.4 Å². The van der Waals surface area contributed by atoms with Crippen LogP contribution in [-0.2, 0) is 23.9 Å². The predicted octanol–water partition coefficient (Wildman–Crippen LogP) is 7.60. The van der Waals surface area contributed by atoms with Crippen molar-refractivity contribution in [3.05, 3.63) is 101 Å². The van der Waals surface area contributed by atoms with Crippen molar-refractivity contribution in [1.29, 1.82) is 0 Å². The average Bonchev–Trinajstić information content (AvgIpc) is 3.20. The molecule has 4 aromatic rings. The SMILES string of the molecule is CC(C)(C)c1ccc(-c2nnc(SCc3cccc(C(F)(F)F)c3)n2Cc2ccccc2)cc1. The van der Waals surface area contributed by atoms with E-state index >= 15 is 0 Å². The second-order valence-corrected chi connectivity index (χ2v) is 10.1. The van der Waals surface area contributed by atoms with E-state index in [0.29, 0.717) is 23.0 Å². The van der Waals surface area contributed by atoms with Crippen LogP contribution in [0.4, 0.5) is 13.2 Å². The van der Waals surface area contributed by atoms with Gasteiger partial charge in [-0.1, -0.05) is 105 Å². The Morgan fingerprint density at radius 2 is 1.44 bits per heavy atom. The quantitative estimate of drug-likeness (QED) is 0.266. The lowest BCUT2D eigenvalue weighted by molar-refractivity contribution is -0.137. The van der Waals surface area contributed by atoms with Gasteiger partial charge in [-0.2, -0.15) is 13.2 Å². The van der Waals surface area contributed by atoms with Crippen LogP contribution in [0.1, 0.15) is 43.0 Å². The molecule has 0 aliphatic carbocycles.